The molecule has 2 saturated heterocycles. The number of hydroxylamine groups is 3. The lowest BCUT2D eigenvalue weighted by molar-refractivity contribution is -0.154. The van der Waals surface area contributed by atoms with Gasteiger partial charge in [-0.25, -0.2) is 4.39 Å². The molecule has 2 heterocycles. The zero-order chi connectivity index (χ0) is 23.9. The second kappa shape index (κ2) is 11.8. The molecule has 4 N–H and O–H groups in total. The van der Waals surface area contributed by atoms with Crippen LogP contribution in [-0.4, -0.2) is 87.1 Å². The second-order valence-electron chi connectivity index (χ2n) is 8.56. The molecule has 4 rings (SSSR count). The van der Waals surface area contributed by atoms with Crippen LogP contribution in [0.15, 0.2) is 42.5 Å². The van der Waals surface area contributed by atoms with Crippen molar-refractivity contribution in [3.05, 3.63) is 53.8 Å². The Kier molecular flexibility index (Phi) is 8.54. The number of aliphatic hydroxyl groups excluding tert-OH is 1. The zero-order valence-corrected chi connectivity index (χ0v) is 19.4. The van der Waals surface area contributed by atoms with Gasteiger partial charge >= 0.3 is 0 Å². The van der Waals surface area contributed by atoms with E-state index >= 15 is 0 Å². The summed E-state index contributed by atoms with van der Waals surface area (Å²) in [6.07, 6.45) is -0.892. The largest absolute Gasteiger partial charge is 0.390 e. The van der Waals surface area contributed by atoms with Gasteiger partial charge in [0.1, 0.15) is 5.82 Å². The van der Waals surface area contributed by atoms with E-state index < -0.39 is 11.9 Å². The van der Waals surface area contributed by atoms with E-state index in [1.807, 2.05) is 9.96 Å². The summed E-state index contributed by atoms with van der Waals surface area (Å²) in [6.45, 7) is 6.16. The number of ether oxygens (including phenoxy) is 1. The fraction of sp³-hybridized carbons (Fsp3) is 0.500. The van der Waals surface area contributed by atoms with Crippen molar-refractivity contribution in [1.29, 1.82) is 0 Å². The maximum Gasteiger partial charge on any atom is 0.148 e. The average molecular weight is 478 g/mol. The number of anilines is 3. The van der Waals surface area contributed by atoms with Gasteiger partial charge in [0.2, 0.25) is 0 Å². The van der Waals surface area contributed by atoms with Crippen LogP contribution in [0.5, 0.6) is 0 Å². The van der Waals surface area contributed by atoms with E-state index in [9.17, 15) is 14.7 Å². The molecule has 0 aliphatic carbocycles. The van der Waals surface area contributed by atoms with Crippen LogP contribution in [0.4, 0.5) is 21.5 Å². The molecular formula is C24H36FN5O4. The Hall–Kier alpha value is -2.47. The molecule has 0 aromatic heterocycles. The molecule has 10 heteroatoms. The molecule has 0 radical (unpaired) electrons. The zero-order valence-electron chi connectivity index (χ0n) is 19.4. The molecule has 2 aromatic rings. The topological polar surface area (TPSA) is 97.9 Å². The fourth-order valence-electron chi connectivity index (χ4n) is 4.18. The van der Waals surface area contributed by atoms with Crippen LogP contribution in [0.3, 0.4) is 0 Å². The summed E-state index contributed by atoms with van der Waals surface area (Å²) in [5.74, 6) is -0.439. The van der Waals surface area contributed by atoms with Gasteiger partial charge in [-0.15, -0.1) is 0 Å². The van der Waals surface area contributed by atoms with Crippen molar-refractivity contribution in [2.24, 2.45) is 5.73 Å². The first kappa shape index (κ1) is 24.6. The molecule has 1 atom stereocenters. The Bertz CT molecular complexity index is 919. The van der Waals surface area contributed by atoms with E-state index in [-0.39, 0.29) is 20.2 Å². The number of rotatable bonds is 8. The number of benzene rings is 2. The Morgan fingerprint density at radius 3 is 2.44 bits per heavy atom. The van der Waals surface area contributed by atoms with Crippen molar-refractivity contribution in [3.63, 3.8) is 0 Å². The number of halogens is 1. The van der Waals surface area contributed by atoms with Crippen LogP contribution in [-0.2, 0) is 16.1 Å². The molecule has 188 valence electrons. The van der Waals surface area contributed by atoms with E-state index in [2.05, 4.69) is 29.2 Å². The predicted molar refractivity (Wildman–Crippen MR) is 131 cm³/mol. The minimum Gasteiger partial charge on any atom is -0.390 e. The van der Waals surface area contributed by atoms with Crippen molar-refractivity contribution < 1.29 is 25.7 Å². The highest BCUT2D eigenvalue weighted by molar-refractivity contribution is 5.56. The average Bonchev–Trinajstić information content (AvgIpc) is 3.10. The van der Waals surface area contributed by atoms with Crippen LogP contribution in [0.25, 0.3) is 0 Å². The van der Waals surface area contributed by atoms with E-state index in [4.69, 9.17) is 15.3 Å². The summed E-state index contributed by atoms with van der Waals surface area (Å²) in [4.78, 5) is 10.2. The smallest absolute Gasteiger partial charge is 0.148 e. The third kappa shape index (κ3) is 6.35. The third-order valence-electron chi connectivity index (χ3n) is 6.15. The number of morpholine rings is 1. The van der Waals surface area contributed by atoms with E-state index in [0.29, 0.717) is 38.5 Å². The van der Waals surface area contributed by atoms with Gasteiger partial charge in [-0.3, -0.25) is 15.1 Å². The summed E-state index contributed by atoms with van der Waals surface area (Å²) in [5.41, 5.74) is 8.45. The van der Waals surface area contributed by atoms with Gasteiger partial charge in [-0.2, -0.15) is 5.06 Å². The molecule has 2 aliphatic heterocycles. The normalized spacial score (nSPS) is 18.6. The Balaban J connectivity index is 0.00000342. The lowest BCUT2D eigenvalue weighted by Crippen LogP contribution is -2.36. The van der Waals surface area contributed by atoms with Crippen molar-refractivity contribution in [1.82, 2.24) is 5.06 Å². The summed E-state index contributed by atoms with van der Waals surface area (Å²) in [6, 6.07) is 13.0. The van der Waals surface area contributed by atoms with Gasteiger partial charge in [-0.05, 0) is 29.8 Å². The molecule has 0 spiro atoms. The van der Waals surface area contributed by atoms with Crippen LogP contribution in [0.1, 0.15) is 6.99 Å². The Morgan fingerprint density at radius 1 is 1.00 bits per heavy atom. The maximum absolute atomic E-state index is 14.8. The van der Waals surface area contributed by atoms with Gasteiger partial charge in [0.05, 0.1) is 43.8 Å². The number of nitrogens with zero attached hydrogens (tertiary/aromatic N) is 4. The van der Waals surface area contributed by atoms with E-state index in [0.717, 1.165) is 36.9 Å². The fourth-order valence-corrected chi connectivity index (χ4v) is 4.18. The highest BCUT2D eigenvalue weighted by Crippen LogP contribution is 2.26. The first-order valence-electron chi connectivity index (χ1n) is 11.7. The van der Waals surface area contributed by atoms with Crippen LogP contribution in [0.2, 0.25) is 0 Å². The number of nitrogens with two attached hydrogens (primary N) is 1. The third-order valence-corrected chi connectivity index (χ3v) is 6.15. The number of hydrogen-bond acceptors (Lipinski definition) is 9. The van der Waals surface area contributed by atoms with Gasteiger partial charge in [-0.1, -0.05) is 12.1 Å². The molecule has 9 nitrogen and oxygen atoms in total. The second-order valence-corrected chi connectivity index (χ2v) is 8.56. The SMILES string of the molecule is NC[C@H](O)CN(O)c1ccc(N2CCON(Cc3ccc(N4CCOCC4)cc3)CC2)c(F)c1.[HH]. The minimum absolute atomic E-state index is 0. The first-order chi connectivity index (χ1) is 16.5. The lowest BCUT2D eigenvalue weighted by Gasteiger charge is -2.29. The van der Waals surface area contributed by atoms with E-state index in [1.54, 1.807) is 12.1 Å². The van der Waals surface area contributed by atoms with Gasteiger partial charge < -0.3 is 25.4 Å². The summed E-state index contributed by atoms with van der Waals surface area (Å²) >= 11 is 0. The Morgan fingerprint density at radius 2 is 1.74 bits per heavy atom. The highest BCUT2D eigenvalue weighted by atomic mass is 19.1. The van der Waals surface area contributed by atoms with Crippen LogP contribution >= 0.6 is 0 Å². The molecule has 2 aromatic carbocycles. The number of hydrogen-bond donors (Lipinski definition) is 3. The van der Waals surface area contributed by atoms with Gasteiger partial charge in [0.15, 0.2) is 0 Å². The standard InChI is InChI=1S/C24H34FN5O4.H2/c25-23-15-21(30(32)18-22(31)16-26)5-6-24(23)28-7-8-29(34-14-11-28)17-19-1-3-20(4-2-19)27-9-12-33-13-10-27;/h1-6,15,22,31-32H,7-14,16-18,26H2;1H/t22-;/m0./s1. The molecule has 2 aliphatic rings. The number of aliphatic hydroxyl groups is 1. The van der Waals surface area contributed by atoms with Gasteiger partial charge in [0, 0.05) is 59.0 Å². The molecule has 0 bridgehead atoms. The molecule has 0 unspecified atom stereocenters. The lowest BCUT2D eigenvalue weighted by atomic mass is 10.2. The maximum atomic E-state index is 14.8. The predicted octanol–water partition coefficient (Wildman–Crippen LogP) is 1.68. The van der Waals surface area contributed by atoms with Crippen molar-refractivity contribution in [2.45, 2.75) is 12.6 Å². The molecular weight excluding hydrogens is 441 g/mol. The molecule has 34 heavy (non-hydrogen) atoms. The van der Waals surface area contributed by atoms with Crippen LogP contribution < -0.4 is 20.6 Å². The Labute approximate surface area is 201 Å². The monoisotopic (exact) mass is 477 g/mol. The van der Waals surface area contributed by atoms with Crippen molar-refractivity contribution >= 4 is 17.1 Å². The van der Waals surface area contributed by atoms with Crippen molar-refractivity contribution in [2.75, 3.05) is 80.5 Å². The van der Waals surface area contributed by atoms with Gasteiger partial charge in [0.25, 0.3) is 0 Å². The summed E-state index contributed by atoms with van der Waals surface area (Å²) < 4.78 is 20.3. The summed E-state index contributed by atoms with van der Waals surface area (Å²) in [5, 5.41) is 22.4. The summed E-state index contributed by atoms with van der Waals surface area (Å²) in [7, 11) is 0. The molecule has 0 saturated carbocycles. The first-order valence-corrected chi connectivity index (χ1v) is 11.7. The minimum atomic E-state index is -0.892. The highest BCUT2D eigenvalue weighted by Gasteiger charge is 2.20. The molecule has 2 fully saturated rings. The van der Waals surface area contributed by atoms with Crippen molar-refractivity contribution in [3.8, 4) is 0 Å². The van der Waals surface area contributed by atoms with Crippen LogP contribution in [0, 0.1) is 5.82 Å². The van der Waals surface area contributed by atoms with E-state index in [1.165, 1.54) is 11.8 Å². The quantitative estimate of drug-likeness (QED) is 0.491. The molecule has 0 amide bonds.